The highest BCUT2D eigenvalue weighted by Crippen LogP contribution is 2.25. The van der Waals surface area contributed by atoms with E-state index >= 15 is 0 Å². The molecule has 0 radical (unpaired) electrons. The first kappa shape index (κ1) is 17.7. The van der Waals surface area contributed by atoms with E-state index in [1.54, 1.807) is 10.9 Å². The molecule has 0 aliphatic carbocycles. The third kappa shape index (κ3) is 3.33. The van der Waals surface area contributed by atoms with Crippen molar-refractivity contribution < 1.29 is 0 Å². The Morgan fingerprint density at radius 2 is 1.80 bits per heavy atom. The molecular weight excluding hydrogens is 336 g/mol. The summed E-state index contributed by atoms with van der Waals surface area (Å²) in [5.74, 6) is 0.192. The van der Waals surface area contributed by atoms with Gasteiger partial charge in [-0.15, -0.1) is 0 Å². The van der Waals surface area contributed by atoms with Crippen LogP contribution in [0, 0.1) is 0 Å². The van der Waals surface area contributed by atoms with Crippen LogP contribution >= 0.6 is 11.6 Å². The number of benzene rings is 1. The van der Waals surface area contributed by atoms with E-state index in [9.17, 15) is 4.79 Å². The predicted octanol–water partition coefficient (Wildman–Crippen LogP) is 4.17. The van der Waals surface area contributed by atoms with Gasteiger partial charge in [0.15, 0.2) is 0 Å². The molecule has 0 bridgehead atoms. The van der Waals surface area contributed by atoms with Crippen LogP contribution in [0.4, 0.5) is 0 Å². The monoisotopic (exact) mass is 358 g/mol. The summed E-state index contributed by atoms with van der Waals surface area (Å²) in [4.78, 5) is 13.1. The first-order valence-corrected chi connectivity index (χ1v) is 8.80. The van der Waals surface area contributed by atoms with Crippen LogP contribution in [0.3, 0.4) is 0 Å². The number of hydrogen-bond acceptors (Lipinski definition) is 3. The lowest BCUT2D eigenvalue weighted by Crippen LogP contribution is -2.31. The number of aromatic nitrogens is 4. The van der Waals surface area contributed by atoms with E-state index in [1.165, 1.54) is 4.68 Å². The average molecular weight is 359 g/mol. The number of fused-ring (bicyclic) bond motifs is 1. The van der Waals surface area contributed by atoms with Gasteiger partial charge in [-0.2, -0.15) is 10.2 Å². The van der Waals surface area contributed by atoms with Crippen LogP contribution in [0.25, 0.3) is 10.9 Å². The summed E-state index contributed by atoms with van der Waals surface area (Å²) in [6, 6.07) is 7.47. The lowest BCUT2D eigenvalue weighted by atomic mass is 10.1. The number of halogens is 1. The summed E-state index contributed by atoms with van der Waals surface area (Å²) >= 11 is 5.95. The van der Waals surface area contributed by atoms with Crippen molar-refractivity contribution >= 4 is 22.5 Å². The molecule has 0 spiro atoms. The van der Waals surface area contributed by atoms with Crippen LogP contribution in [-0.2, 0) is 12.1 Å². The summed E-state index contributed by atoms with van der Waals surface area (Å²) in [6.45, 7) is 10.7. The van der Waals surface area contributed by atoms with E-state index in [1.807, 2.05) is 45.0 Å². The van der Waals surface area contributed by atoms with Crippen LogP contribution < -0.4 is 5.56 Å². The van der Waals surface area contributed by atoms with Gasteiger partial charge in [0.25, 0.3) is 5.56 Å². The molecule has 25 heavy (non-hydrogen) atoms. The van der Waals surface area contributed by atoms with Crippen molar-refractivity contribution in [1.82, 2.24) is 19.6 Å². The van der Waals surface area contributed by atoms with Gasteiger partial charge in [-0.05, 0) is 44.4 Å². The molecule has 0 saturated heterocycles. The maximum Gasteiger partial charge on any atom is 0.293 e. The quantitative estimate of drug-likeness (QED) is 0.706. The Morgan fingerprint density at radius 3 is 2.36 bits per heavy atom. The van der Waals surface area contributed by atoms with Crippen molar-refractivity contribution in [2.24, 2.45) is 0 Å². The second-order valence-electron chi connectivity index (χ2n) is 7.62. The molecule has 1 aromatic carbocycles. The van der Waals surface area contributed by atoms with Gasteiger partial charge < -0.3 is 0 Å². The molecule has 3 aromatic rings. The van der Waals surface area contributed by atoms with Crippen LogP contribution in [-0.4, -0.2) is 19.6 Å². The van der Waals surface area contributed by atoms with Crippen molar-refractivity contribution in [2.45, 2.75) is 52.6 Å². The Bertz CT molecular complexity index is 962. The van der Waals surface area contributed by atoms with Gasteiger partial charge in [-0.3, -0.25) is 9.48 Å². The number of nitrogens with zero attached hydrogens (tertiary/aromatic N) is 4. The molecule has 0 aliphatic rings. The van der Waals surface area contributed by atoms with E-state index in [-0.39, 0.29) is 17.0 Å². The fourth-order valence-corrected chi connectivity index (χ4v) is 3.02. The Balaban J connectivity index is 2.23. The highest BCUT2D eigenvalue weighted by molar-refractivity contribution is 6.30. The van der Waals surface area contributed by atoms with Gasteiger partial charge in [-0.25, -0.2) is 4.68 Å². The van der Waals surface area contributed by atoms with Crippen molar-refractivity contribution in [1.29, 1.82) is 0 Å². The molecule has 0 saturated carbocycles. The highest BCUT2D eigenvalue weighted by atomic mass is 35.5. The Hall–Kier alpha value is -2.14. The molecule has 2 aromatic heterocycles. The maximum absolute atomic E-state index is 13.1. The minimum Gasteiger partial charge on any atom is -0.265 e. The normalized spacial score (nSPS) is 12.3. The molecule has 132 valence electrons. The third-order valence-corrected chi connectivity index (χ3v) is 4.39. The molecule has 0 atom stereocenters. The van der Waals surface area contributed by atoms with Crippen LogP contribution in [0.1, 0.15) is 51.8 Å². The van der Waals surface area contributed by atoms with E-state index in [0.717, 1.165) is 16.6 Å². The Morgan fingerprint density at radius 1 is 1.16 bits per heavy atom. The molecule has 0 aliphatic heterocycles. The van der Waals surface area contributed by atoms with Crippen LogP contribution in [0.15, 0.2) is 35.3 Å². The highest BCUT2D eigenvalue weighted by Gasteiger charge is 2.23. The standard InChI is InChI=1S/C19H23ClN4O/c1-12(2)16-15-10-21-24(19(3,4)5)17(15)18(25)23(22-16)11-13-6-8-14(20)9-7-13/h6-10,12H,11H2,1-5H3. The van der Waals surface area contributed by atoms with Crippen molar-refractivity contribution in [3.63, 3.8) is 0 Å². The predicted molar refractivity (Wildman–Crippen MR) is 101 cm³/mol. The molecule has 0 amide bonds. The van der Waals surface area contributed by atoms with E-state index in [2.05, 4.69) is 24.0 Å². The van der Waals surface area contributed by atoms with Gasteiger partial charge in [0.1, 0.15) is 5.52 Å². The van der Waals surface area contributed by atoms with Gasteiger partial charge in [-0.1, -0.05) is 37.6 Å². The maximum atomic E-state index is 13.1. The van der Waals surface area contributed by atoms with Crippen molar-refractivity contribution in [2.75, 3.05) is 0 Å². The average Bonchev–Trinajstić information content (AvgIpc) is 2.97. The molecule has 3 rings (SSSR count). The van der Waals surface area contributed by atoms with Crippen molar-refractivity contribution in [3.8, 4) is 0 Å². The van der Waals surface area contributed by atoms with E-state index < -0.39 is 0 Å². The van der Waals surface area contributed by atoms with Crippen LogP contribution in [0.2, 0.25) is 5.02 Å². The minimum absolute atomic E-state index is 0.123. The summed E-state index contributed by atoms with van der Waals surface area (Å²) < 4.78 is 3.33. The first-order valence-electron chi connectivity index (χ1n) is 8.42. The summed E-state index contributed by atoms with van der Waals surface area (Å²) in [5.41, 5.74) is 2.07. The zero-order chi connectivity index (χ0) is 18.4. The lowest BCUT2D eigenvalue weighted by Gasteiger charge is -2.21. The van der Waals surface area contributed by atoms with Gasteiger partial charge >= 0.3 is 0 Å². The second-order valence-corrected chi connectivity index (χ2v) is 8.06. The topological polar surface area (TPSA) is 52.7 Å². The molecule has 5 nitrogen and oxygen atoms in total. The van der Waals surface area contributed by atoms with Crippen molar-refractivity contribution in [3.05, 3.63) is 57.1 Å². The Kier molecular flexibility index (Phi) is 4.45. The molecule has 0 N–H and O–H groups in total. The van der Waals surface area contributed by atoms with Gasteiger partial charge in [0.05, 0.1) is 24.0 Å². The second kappa shape index (κ2) is 6.30. The number of rotatable bonds is 3. The zero-order valence-corrected chi connectivity index (χ0v) is 16.0. The fourth-order valence-electron chi connectivity index (χ4n) is 2.90. The van der Waals surface area contributed by atoms with E-state index in [4.69, 9.17) is 11.6 Å². The summed E-state index contributed by atoms with van der Waals surface area (Å²) in [6.07, 6.45) is 1.76. The third-order valence-electron chi connectivity index (χ3n) is 4.14. The fraction of sp³-hybridized carbons (Fsp3) is 0.421. The van der Waals surface area contributed by atoms with Gasteiger partial charge in [0.2, 0.25) is 0 Å². The Labute approximate surface area is 152 Å². The largest absolute Gasteiger partial charge is 0.293 e. The molecule has 0 unspecified atom stereocenters. The lowest BCUT2D eigenvalue weighted by molar-refractivity contribution is 0.366. The van der Waals surface area contributed by atoms with E-state index in [0.29, 0.717) is 17.1 Å². The first-order chi connectivity index (χ1) is 11.7. The smallest absolute Gasteiger partial charge is 0.265 e. The molecule has 6 heteroatoms. The summed E-state index contributed by atoms with van der Waals surface area (Å²) in [7, 11) is 0. The number of hydrogen-bond donors (Lipinski definition) is 0. The SMILES string of the molecule is CC(C)c1nn(Cc2ccc(Cl)cc2)c(=O)c2c1cnn2C(C)(C)C. The van der Waals surface area contributed by atoms with Gasteiger partial charge in [0, 0.05) is 10.4 Å². The molecule has 2 heterocycles. The summed E-state index contributed by atoms with van der Waals surface area (Å²) in [5, 5.41) is 10.6. The zero-order valence-electron chi connectivity index (χ0n) is 15.2. The van der Waals surface area contributed by atoms with Crippen LogP contribution in [0.5, 0.6) is 0 Å². The minimum atomic E-state index is -0.283. The molecular formula is C19H23ClN4O. The molecule has 0 fully saturated rings.